The molecular formula is C27H30ClN3O5S. The van der Waals surface area contributed by atoms with Crippen LogP contribution >= 0.6 is 11.6 Å². The van der Waals surface area contributed by atoms with Crippen molar-refractivity contribution in [3.63, 3.8) is 0 Å². The minimum atomic E-state index is -4.18. The summed E-state index contributed by atoms with van der Waals surface area (Å²) < 4.78 is 34.0. The first kappa shape index (κ1) is 28.0. The third-order valence-corrected chi connectivity index (χ3v) is 8.04. The second kappa shape index (κ2) is 12.6. The minimum absolute atomic E-state index is 0.0182. The largest absolute Gasteiger partial charge is 0.495 e. The fraction of sp³-hybridized carbons (Fsp3) is 0.259. The molecule has 3 aromatic rings. The van der Waals surface area contributed by atoms with Gasteiger partial charge >= 0.3 is 0 Å². The van der Waals surface area contributed by atoms with Gasteiger partial charge in [0.2, 0.25) is 11.8 Å². The van der Waals surface area contributed by atoms with E-state index in [0.717, 1.165) is 4.31 Å². The molecule has 0 saturated heterocycles. The van der Waals surface area contributed by atoms with E-state index in [0.29, 0.717) is 17.0 Å². The number of rotatable bonds is 11. The summed E-state index contributed by atoms with van der Waals surface area (Å²) in [5.41, 5.74) is 0.836. The molecule has 0 radical (unpaired) electrons. The Morgan fingerprint density at radius 2 is 1.59 bits per heavy atom. The van der Waals surface area contributed by atoms with Crippen molar-refractivity contribution < 1.29 is 22.7 Å². The zero-order chi connectivity index (χ0) is 27.0. The fourth-order valence-electron chi connectivity index (χ4n) is 3.97. The Morgan fingerprint density at radius 1 is 0.973 bits per heavy atom. The summed E-state index contributed by atoms with van der Waals surface area (Å²) in [5, 5.41) is 3.03. The van der Waals surface area contributed by atoms with E-state index in [1.807, 2.05) is 0 Å². The molecular weight excluding hydrogens is 514 g/mol. The van der Waals surface area contributed by atoms with Crippen LogP contribution in [0.2, 0.25) is 5.02 Å². The molecule has 196 valence electrons. The summed E-state index contributed by atoms with van der Waals surface area (Å²) in [5.74, 6) is -0.649. The van der Waals surface area contributed by atoms with Crippen molar-refractivity contribution in [1.82, 2.24) is 10.2 Å². The summed E-state index contributed by atoms with van der Waals surface area (Å²) in [6.07, 6.45) is 0.315. The summed E-state index contributed by atoms with van der Waals surface area (Å²) in [7, 11) is -1.26. The van der Waals surface area contributed by atoms with Crippen molar-refractivity contribution >= 4 is 39.1 Å². The van der Waals surface area contributed by atoms with Gasteiger partial charge in [0.05, 0.1) is 17.7 Å². The normalized spacial score (nSPS) is 11.9. The van der Waals surface area contributed by atoms with E-state index >= 15 is 0 Å². The van der Waals surface area contributed by atoms with Crippen LogP contribution in [0.15, 0.2) is 83.8 Å². The smallest absolute Gasteiger partial charge is 0.264 e. The summed E-state index contributed by atoms with van der Waals surface area (Å²) in [6.45, 7) is 1.25. The van der Waals surface area contributed by atoms with Crippen molar-refractivity contribution in [3.05, 3.63) is 89.4 Å². The van der Waals surface area contributed by atoms with Crippen LogP contribution in [0.25, 0.3) is 0 Å². The highest BCUT2D eigenvalue weighted by molar-refractivity contribution is 7.92. The molecule has 0 saturated carbocycles. The highest BCUT2D eigenvalue weighted by Crippen LogP contribution is 2.32. The van der Waals surface area contributed by atoms with E-state index < -0.39 is 28.5 Å². The molecule has 0 aromatic heterocycles. The maximum atomic E-state index is 13.9. The highest BCUT2D eigenvalue weighted by Gasteiger charge is 2.34. The number of nitrogens with one attached hydrogen (secondary N) is 1. The number of anilines is 1. The number of hydrogen-bond donors (Lipinski definition) is 1. The fourth-order valence-corrected chi connectivity index (χ4v) is 5.61. The first-order valence-electron chi connectivity index (χ1n) is 11.7. The molecule has 3 aromatic carbocycles. The Balaban J connectivity index is 2.10. The number of carbonyl (C=O) groups excluding carboxylic acids is 2. The molecule has 0 fully saturated rings. The molecule has 1 unspecified atom stereocenters. The van der Waals surface area contributed by atoms with E-state index in [4.69, 9.17) is 16.3 Å². The predicted octanol–water partition coefficient (Wildman–Crippen LogP) is 4.10. The van der Waals surface area contributed by atoms with E-state index in [1.165, 1.54) is 31.2 Å². The molecule has 1 N–H and O–H groups in total. The first-order chi connectivity index (χ1) is 17.7. The monoisotopic (exact) mass is 543 g/mol. The molecule has 0 heterocycles. The Morgan fingerprint density at radius 3 is 2.22 bits per heavy atom. The Bertz CT molecular complexity index is 1330. The van der Waals surface area contributed by atoms with Gasteiger partial charge in [0.15, 0.2) is 0 Å². The van der Waals surface area contributed by atoms with Crippen molar-refractivity contribution in [2.45, 2.75) is 30.8 Å². The van der Waals surface area contributed by atoms with Crippen molar-refractivity contribution in [2.24, 2.45) is 0 Å². The maximum Gasteiger partial charge on any atom is 0.264 e. The lowest BCUT2D eigenvalue weighted by Gasteiger charge is -2.33. The van der Waals surface area contributed by atoms with Gasteiger partial charge in [-0.2, -0.15) is 0 Å². The number of methoxy groups -OCH3 is 1. The Labute approximate surface area is 222 Å². The molecule has 2 amide bonds. The van der Waals surface area contributed by atoms with Crippen LogP contribution in [0.5, 0.6) is 5.75 Å². The van der Waals surface area contributed by atoms with Crippen LogP contribution < -0.4 is 14.4 Å². The number of nitrogens with zero attached hydrogens (tertiary/aromatic N) is 2. The van der Waals surface area contributed by atoms with Crippen LogP contribution in [-0.2, 0) is 26.2 Å². The number of carbonyl (C=O) groups is 2. The molecule has 0 aliphatic carbocycles. The van der Waals surface area contributed by atoms with Gasteiger partial charge in [-0.3, -0.25) is 13.9 Å². The number of likely N-dealkylation sites (N-methyl/N-ethyl adjacent to an activating group) is 1. The summed E-state index contributed by atoms with van der Waals surface area (Å²) >= 11 is 6.37. The SMILES string of the molecule is CCC(C(=O)NC)N(Cc1ccccc1Cl)C(=O)CN(c1ccccc1OC)S(=O)(=O)c1ccccc1. The number of halogens is 1. The second-order valence-corrected chi connectivity index (χ2v) is 10.4. The topological polar surface area (TPSA) is 96.0 Å². The lowest BCUT2D eigenvalue weighted by Crippen LogP contribution is -2.51. The summed E-state index contributed by atoms with van der Waals surface area (Å²) in [6, 6.07) is 20.6. The standard InChI is InChI=1S/C27H30ClN3O5S/c1-4-23(27(33)29-2)30(18-20-12-8-9-15-22(20)28)26(32)19-31(24-16-10-11-17-25(24)36-3)37(34,35)21-13-6-5-7-14-21/h5-17,23H,4,18-19H2,1-3H3,(H,29,33). The molecule has 0 bridgehead atoms. The van der Waals surface area contributed by atoms with Gasteiger partial charge in [0.1, 0.15) is 18.3 Å². The molecule has 0 spiro atoms. The number of ether oxygens (including phenoxy) is 1. The van der Waals surface area contributed by atoms with Gasteiger partial charge < -0.3 is 15.0 Å². The van der Waals surface area contributed by atoms with E-state index in [-0.39, 0.29) is 28.8 Å². The maximum absolute atomic E-state index is 13.9. The first-order valence-corrected chi connectivity index (χ1v) is 13.5. The second-order valence-electron chi connectivity index (χ2n) is 8.15. The number of amides is 2. The van der Waals surface area contributed by atoms with Gasteiger partial charge in [-0.15, -0.1) is 0 Å². The lowest BCUT2D eigenvalue weighted by molar-refractivity contribution is -0.140. The van der Waals surface area contributed by atoms with E-state index in [2.05, 4.69) is 5.32 Å². The quantitative estimate of drug-likeness (QED) is 0.393. The Hall–Kier alpha value is -3.56. The van der Waals surface area contributed by atoms with Gasteiger partial charge in [-0.25, -0.2) is 8.42 Å². The average molecular weight is 544 g/mol. The van der Waals surface area contributed by atoms with Gasteiger partial charge in [-0.05, 0) is 42.3 Å². The Kier molecular flexibility index (Phi) is 9.54. The highest BCUT2D eigenvalue weighted by atomic mass is 35.5. The molecule has 37 heavy (non-hydrogen) atoms. The molecule has 10 heteroatoms. The van der Waals surface area contributed by atoms with Gasteiger partial charge in [0, 0.05) is 18.6 Å². The molecule has 0 aliphatic heterocycles. The summed E-state index contributed by atoms with van der Waals surface area (Å²) in [4.78, 5) is 28.0. The third kappa shape index (κ3) is 6.42. The van der Waals surface area contributed by atoms with E-state index in [9.17, 15) is 18.0 Å². The van der Waals surface area contributed by atoms with Gasteiger partial charge in [-0.1, -0.05) is 67.1 Å². The average Bonchev–Trinajstić information content (AvgIpc) is 2.92. The van der Waals surface area contributed by atoms with Crippen LogP contribution in [-0.4, -0.2) is 51.9 Å². The van der Waals surface area contributed by atoms with Crippen LogP contribution in [0, 0.1) is 0 Å². The van der Waals surface area contributed by atoms with Crippen LogP contribution in [0.3, 0.4) is 0 Å². The molecule has 1 atom stereocenters. The number of sulfonamides is 1. The number of para-hydroxylation sites is 2. The van der Waals surface area contributed by atoms with Crippen molar-refractivity contribution in [1.29, 1.82) is 0 Å². The lowest BCUT2D eigenvalue weighted by atomic mass is 10.1. The predicted molar refractivity (Wildman–Crippen MR) is 144 cm³/mol. The van der Waals surface area contributed by atoms with E-state index in [1.54, 1.807) is 73.7 Å². The molecule has 3 rings (SSSR count). The van der Waals surface area contributed by atoms with Crippen molar-refractivity contribution in [2.75, 3.05) is 25.0 Å². The van der Waals surface area contributed by atoms with Crippen molar-refractivity contribution in [3.8, 4) is 5.75 Å². The third-order valence-electron chi connectivity index (χ3n) is 5.89. The zero-order valence-electron chi connectivity index (χ0n) is 20.9. The van der Waals surface area contributed by atoms with Crippen LogP contribution in [0.1, 0.15) is 18.9 Å². The molecule has 0 aliphatic rings. The zero-order valence-corrected chi connectivity index (χ0v) is 22.5. The van der Waals surface area contributed by atoms with Crippen LogP contribution in [0.4, 0.5) is 5.69 Å². The van der Waals surface area contributed by atoms with Gasteiger partial charge in [0.25, 0.3) is 10.0 Å². The number of hydrogen-bond acceptors (Lipinski definition) is 5. The molecule has 8 nitrogen and oxygen atoms in total. The number of benzene rings is 3. The minimum Gasteiger partial charge on any atom is -0.495 e.